The Morgan fingerprint density at radius 3 is 2.08 bits per heavy atom. The monoisotopic (exact) mass is 876 g/mol. The molecule has 3 aliphatic heterocycles. The van der Waals surface area contributed by atoms with Crippen molar-refractivity contribution in [1.29, 1.82) is 0 Å². The van der Waals surface area contributed by atoms with E-state index in [1.54, 1.807) is 48.6 Å². The molecule has 18 atom stereocenters. The number of carbonyl (C=O) groups excluding carboxylic acids is 3. The first-order valence-electron chi connectivity index (χ1n) is 22.4. The van der Waals surface area contributed by atoms with Crippen molar-refractivity contribution in [1.82, 2.24) is 15.5 Å². The van der Waals surface area contributed by atoms with Gasteiger partial charge in [-0.05, 0) is 87.9 Å². The molecule has 0 bridgehead atoms. The molecular formula is C44H81N3O14. The van der Waals surface area contributed by atoms with E-state index in [2.05, 4.69) is 15.5 Å². The van der Waals surface area contributed by atoms with Crippen LogP contribution >= 0.6 is 0 Å². The Morgan fingerprint density at radius 1 is 0.918 bits per heavy atom. The summed E-state index contributed by atoms with van der Waals surface area (Å²) in [5.74, 6) is -4.09. The highest BCUT2D eigenvalue weighted by Gasteiger charge is 2.54. The second kappa shape index (κ2) is 22.7. The minimum absolute atomic E-state index is 0.0839. The molecule has 0 aromatic heterocycles. The molecule has 3 rings (SSSR count). The molecule has 3 aliphatic rings. The third-order valence-corrected chi connectivity index (χ3v) is 13.6. The molecule has 3 fully saturated rings. The molecule has 1 unspecified atom stereocenters. The third kappa shape index (κ3) is 12.8. The van der Waals surface area contributed by atoms with Crippen molar-refractivity contribution < 1.29 is 67.6 Å². The number of cyclic esters (lactones) is 1. The first kappa shape index (κ1) is 53.3. The summed E-state index contributed by atoms with van der Waals surface area (Å²) in [5, 5.41) is 40.7. The fourth-order valence-corrected chi connectivity index (χ4v) is 9.41. The van der Waals surface area contributed by atoms with Crippen molar-refractivity contribution in [2.75, 3.05) is 40.9 Å². The highest BCUT2D eigenvalue weighted by molar-refractivity contribution is 5.78. The molecule has 5 N–H and O–H groups in total. The number of aliphatic hydroxyl groups excluding tert-OH is 2. The summed E-state index contributed by atoms with van der Waals surface area (Å²) in [6.45, 7) is 23.4. The summed E-state index contributed by atoms with van der Waals surface area (Å²) in [7, 11) is 4.79. The normalized spacial score (nSPS) is 43.5. The molecule has 0 aromatic rings. The van der Waals surface area contributed by atoms with Crippen LogP contribution in [0, 0.1) is 17.8 Å². The lowest BCUT2D eigenvalue weighted by molar-refractivity contribution is -0.318. The molecule has 1 amide bonds. The molecule has 61 heavy (non-hydrogen) atoms. The van der Waals surface area contributed by atoms with Crippen molar-refractivity contribution in [3.8, 4) is 0 Å². The van der Waals surface area contributed by atoms with Gasteiger partial charge in [-0.15, -0.1) is 0 Å². The van der Waals surface area contributed by atoms with E-state index in [9.17, 15) is 29.7 Å². The van der Waals surface area contributed by atoms with Crippen LogP contribution in [0.3, 0.4) is 0 Å². The number of rotatable bonds is 14. The van der Waals surface area contributed by atoms with Crippen molar-refractivity contribution >= 4 is 17.8 Å². The number of nitrogens with one attached hydrogen (secondary N) is 2. The van der Waals surface area contributed by atoms with Crippen LogP contribution in [-0.4, -0.2) is 169 Å². The molecule has 17 nitrogen and oxygen atoms in total. The van der Waals surface area contributed by atoms with Crippen LogP contribution in [0.1, 0.15) is 115 Å². The molecule has 356 valence electrons. The van der Waals surface area contributed by atoms with E-state index in [4.69, 9.17) is 37.9 Å². The average Bonchev–Trinajstić information content (AvgIpc) is 3.22. The maximum atomic E-state index is 14.4. The molecule has 3 saturated heterocycles. The van der Waals surface area contributed by atoms with E-state index in [1.807, 2.05) is 34.6 Å². The Bertz CT molecular complexity index is 1400. The predicted molar refractivity (Wildman–Crippen MR) is 226 cm³/mol. The predicted octanol–water partition coefficient (Wildman–Crippen LogP) is 2.68. The van der Waals surface area contributed by atoms with Crippen LogP contribution in [0.2, 0.25) is 0 Å². The standard InChI is InChI=1S/C44H81N3O14/c1-16-31-44(12,53)36(50)28(8)46-39(51)24(4)22-42(10,54-14)37(61-41-34(49)30(45-13)21-25(5)56-41)26(6)35(27(7)40(52)58-31)60-33-23-43(11,55-15)38(29(9)57-33)59-32(48)19-20-47(17-2)18-3/h24-31,33-38,41,45,49-50,53H,16-23H2,1-15H3,(H,46,51)/t24-,25-,26+,27-,28-,29+,30+,31-,33+,34-,35+,36+,37-,38+,41+,42-,43-,44?/m1/s1. The Labute approximate surface area is 364 Å². The molecule has 0 spiro atoms. The highest BCUT2D eigenvalue weighted by Crippen LogP contribution is 2.41. The minimum Gasteiger partial charge on any atom is -0.459 e. The summed E-state index contributed by atoms with van der Waals surface area (Å²) in [6.07, 6.45) is -8.78. The topological polar surface area (TPSA) is 213 Å². The Kier molecular flexibility index (Phi) is 19.9. The van der Waals surface area contributed by atoms with E-state index in [0.717, 1.165) is 13.1 Å². The van der Waals surface area contributed by atoms with Crippen LogP contribution in [0.25, 0.3) is 0 Å². The molecule has 0 aliphatic carbocycles. The Balaban J connectivity index is 2.15. The van der Waals surface area contributed by atoms with Crippen LogP contribution < -0.4 is 10.6 Å². The van der Waals surface area contributed by atoms with E-state index < -0.39 is 108 Å². The van der Waals surface area contributed by atoms with Gasteiger partial charge >= 0.3 is 11.9 Å². The lowest BCUT2D eigenvalue weighted by Crippen LogP contribution is -2.61. The van der Waals surface area contributed by atoms with Gasteiger partial charge in [-0.25, -0.2) is 0 Å². The number of hydrogen-bond acceptors (Lipinski definition) is 16. The summed E-state index contributed by atoms with van der Waals surface area (Å²) in [6, 6.07) is -1.30. The van der Waals surface area contributed by atoms with E-state index in [1.165, 1.54) is 21.1 Å². The number of amides is 1. The fourth-order valence-electron chi connectivity index (χ4n) is 9.41. The maximum absolute atomic E-state index is 14.4. The smallest absolute Gasteiger partial charge is 0.311 e. The fraction of sp³-hybridized carbons (Fsp3) is 0.932. The van der Waals surface area contributed by atoms with Crippen molar-refractivity contribution in [3.05, 3.63) is 0 Å². The van der Waals surface area contributed by atoms with Gasteiger partial charge in [0.15, 0.2) is 18.7 Å². The number of carbonyl (C=O) groups is 3. The van der Waals surface area contributed by atoms with E-state index >= 15 is 0 Å². The summed E-state index contributed by atoms with van der Waals surface area (Å²) < 4.78 is 50.9. The average molecular weight is 876 g/mol. The van der Waals surface area contributed by atoms with Crippen LogP contribution in [0.4, 0.5) is 0 Å². The molecule has 0 saturated carbocycles. The van der Waals surface area contributed by atoms with Gasteiger partial charge in [0.2, 0.25) is 5.91 Å². The third-order valence-electron chi connectivity index (χ3n) is 13.6. The first-order valence-corrected chi connectivity index (χ1v) is 22.4. The molecule has 0 radical (unpaired) electrons. The van der Waals surface area contributed by atoms with Crippen LogP contribution in [0.5, 0.6) is 0 Å². The number of nitrogens with zero attached hydrogens (tertiary/aromatic N) is 1. The number of likely N-dealkylation sites (N-methyl/N-ethyl adjacent to an activating group) is 1. The van der Waals surface area contributed by atoms with Gasteiger partial charge in [-0.1, -0.05) is 34.6 Å². The minimum atomic E-state index is -1.97. The lowest BCUT2D eigenvalue weighted by atomic mass is 9.77. The largest absolute Gasteiger partial charge is 0.459 e. The number of esters is 2. The van der Waals surface area contributed by atoms with Crippen LogP contribution in [-0.2, 0) is 52.3 Å². The van der Waals surface area contributed by atoms with Gasteiger partial charge in [-0.3, -0.25) is 14.4 Å². The zero-order valence-corrected chi connectivity index (χ0v) is 39.6. The maximum Gasteiger partial charge on any atom is 0.311 e. The SMILES string of the molecule is CC[C@H]1OC(=O)[C@H](C)[C@@H](O[C@H]2C[C@@](C)(OC)[C@@H](OC(=O)CCN(CC)CC)[C@H](C)O2)[C@H](C)[C@@H](O[C@@H]2O[C@H](C)C[C@H](NC)[C@H]2O)[C@](C)(OC)C[C@@H](C)C(=O)N[C@H](C)[C@H](O)C1(C)O. The van der Waals surface area contributed by atoms with E-state index in [0.29, 0.717) is 13.0 Å². The summed E-state index contributed by atoms with van der Waals surface area (Å²) in [4.78, 5) is 43.6. The van der Waals surface area contributed by atoms with Gasteiger partial charge in [0.25, 0.3) is 0 Å². The van der Waals surface area contributed by atoms with Crippen molar-refractivity contribution in [3.63, 3.8) is 0 Å². The Hall–Kier alpha value is -2.03. The number of hydrogen-bond donors (Lipinski definition) is 5. The highest BCUT2D eigenvalue weighted by atomic mass is 16.7. The van der Waals surface area contributed by atoms with Gasteiger partial charge in [0.1, 0.15) is 29.5 Å². The molecule has 17 heteroatoms. The van der Waals surface area contributed by atoms with Crippen molar-refractivity contribution in [2.24, 2.45) is 17.8 Å². The number of ether oxygens (including phenoxy) is 8. The molecule has 0 aromatic carbocycles. The molecular weight excluding hydrogens is 794 g/mol. The summed E-state index contributed by atoms with van der Waals surface area (Å²) in [5.41, 5.74) is -4.33. The zero-order valence-electron chi connectivity index (χ0n) is 39.6. The summed E-state index contributed by atoms with van der Waals surface area (Å²) >= 11 is 0. The second-order valence-electron chi connectivity index (χ2n) is 18.3. The number of aliphatic hydroxyl groups is 3. The quantitative estimate of drug-likeness (QED) is 0.159. The van der Waals surface area contributed by atoms with Gasteiger partial charge in [-0.2, -0.15) is 0 Å². The second-order valence-corrected chi connectivity index (χ2v) is 18.3. The zero-order chi connectivity index (χ0) is 46.2. The first-order chi connectivity index (χ1) is 28.5. The van der Waals surface area contributed by atoms with Gasteiger partial charge in [0.05, 0.1) is 48.4 Å². The number of methoxy groups -OCH3 is 2. The van der Waals surface area contributed by atoms with Crippen LogP contribution in [0.15, 0.2) is 0 Å². The molecule has 3 heterocycles. The van der Waals surface area contributed by atoms with Crippen molar-refractivity contribution in [2.45, 2.75) is 205 Å². The van der Waals surface area contributed by atoms with E-state index in [-0.39, 0.29) is 43.8 Å². The lowest BCUT2D eigenvalue weighted by Gasteiger charge is -2.49. The van der Waals surface area contributed by atoms with Gasteiger partial charge < -0.3 is 68.7 Å². The Morgan fingerprint density at radius 2 is 1.52 bits per heavy atom. The van der Waals surface area contributed by atoms with Gasteiger partial charge in [0, 0.05) is 45.1 Å².